The van der Waals surface area contributed by atoms with Crippen LogP contribution in [0.15, 0.2) is 40.9 Å². The second kappa shape index (κ2) is 5.99. The van der Waals surface area contributed by atoms with E-state index < -0.39 is 11.9 Å². The van der Waals surface area contributed by atoms with E-state index in [9.17, 15) is 8.78 Å². The van der Waals surface area contributed by atoms with E-state index in [1.54, 1.807) is 19.2 Å². The summed E-state index contributed by atoms with van der Waals surface area (Å²) in [5, 5.41) is 3.35. The number of benzene rings is 2. The largest absolute Gasteiger partial charge is 0.309 e. The first kappa shape index (κ1) is 14.4. The van der Waals surface area contributed by atoms with Crippen molar-refractivity contribution < 1.29 is 8.78 Å². The van der Waals surface area contributed by atoms with Crippen molar-refractivity contribution in [1.29, 1.82) is 0 Å². The Kier molecular flexibility index (Phi) is 4.55. The van der Waals surface area contributed by atoms with Crippen LogP contribution in [0.4, 0.5) is 8.78 Å². The molecule has 0 aromatic heterocycles. The van der Waals surface area contributed by atoms with Gasteiger partial charge in [0.05, 0.1) is 6.04 Å². The zero-order chi connectivity index (χ0) is 14.0. The number of halogens is 4. The van der Waals surface area contributed by atoms with Crippen molar-refractivity contribution in [1.82, 2.24) is 5.32 Å². The predicted octanol–water partition coefficient (Wildman–Crippen LogP) is 4.69. The maximum atomic E-state index is 13.9. The fourth-order valence-electron chi connectivity index (χ4n) is 1.95. The third kappa shape index (κ3) is 3.14. The lowest BCUT2D eigenvalue weighted by atomic mass is 9.98. The van der Waals surface area contributed by atoms with Crippen LogP contribution in [-0.2, 0) is 0 Å². The highest BCUT2D eigenvalue weighted by Crippen LogP contribution is 2.31. The second-order valence-electron chi connectivity index (χ2n) is 4.05. The van der Waals surface area contributed by atoms with Gasteiger partial charge in [0.15, 0.2) is 0 Å². The quantitative estimate of drug-likeness (QED) is 0.850. The van der Waals surface area contributed by atoms with E-state index >= 15 is 0 Å². The first-order chi connectivity index (χ1) is 9.02. The van der Waals surface area contributed by atoms with Gasteiger partial charge in [0.1, 0.15) is 11.6 Å². The van der Waals surface area contributed by atoms with Gasteiger partial charge in [-0.05, 0) is 49.0 Å². The van der Waals surface area contributed by atoms with E-state index in [0.717, 1.165) is 4.47 Å². The van der Waals surface area contributed by atoms with E-state index in [1.807, 2.05) is 0 Å². The fourth-order valence-corrected chi connectivity index (χ4v) is 2.56. The van der Waals surface area contributed by atoms with Crippen LogP contribution in [0.3, 0.4) is 0 Å². The molecule has 2 aromatic rings. The minimum Gasteiger partial charge on any atom is -0.309 e. The van der Waals surface area contributed by atoms with Gasteiger partial charge in [0.2, 0.25) is 0 Å². The smallest absolute Gasteiger partial charge is 0.128 e. The molecule has 0 spiro atoms. The highest BCUT2D eigenvalue weighted by atomic mass is 79.9. The van der Waals surface area contributed by atoms with Crippen molar-refractivity contribution >= 4 is 27.5 Å². The van der Waals surface area contributed by atoms with Crippen LogP contribution >= 0.6 is 27.5 Å². The summed E-state index contributed by atoms with van der Waals surface area (Å²) in [5.41, 5.74) is 0.908. The van der Waals surface area contributed by atoms with Crippen molar-refractivity contribution in [2.75, 3.05) is 7.05 Å². The molecular formula is C14H11BrClF2N. The summed E-state index contributed by atoms with van der Waals surface area (Å²) in [6.45, 7) is 0. The van der Waals surface area contributed by atoms with Gasteiger partial charge in [-0.1, -0.05) is 27.5 Å². The Labute approximate surface area is 123 Å². The van der Waals surface area contributed by atoms with Gasteiger partial charge < -0.3 is 5.32 Å². The molecule has 1 N–H and O–H groups in total. The van der Waals surface area contributed by atoms with Gasteiger partial charge in [0.25, 0.3) is 0 Å². The summed E-state index contributed by atoms with van der Waals surface area (Å²) in [6.07, 6.45) is 0. The highest BCUT2D eigenvalue weighted by molar-refractivity contribution is 9.10. The molecular weight excluding hydrogens is 336 g/mol. The highest BCUT2D eigenvalue weighted by Gasteiger charge is 2.19. The zero-order valence-corrected chi connectivity index (χ0v) is 12.4. The van der Waals surface area contributed by atoms with Crippen LogP contribution in [0.25, 0.3) is 0 Å². The van der Waals surface area contributed by atoms with Gasteiger partial charge in [0, 0.05) is 15.1 Å². The van der Waals surface area contributed by atoms with Gasteiger partial charge in [-0.15, -0.1) is 0 Å². The predicted molar refractivity (Wildman–Crippen MR) is 76.4 cm³/mol. The number of rotatable bonds is 3. The van der Waals surface area contributed by atoms with Crippen LogP contribution in [0, 0.1) is 11.6 Å². The monoisotopic (exact) mass is 345 g/mol. The van der Waals surface area contributed by atoms with Crippen LogP contribution in [0.5, 0.6) is 0 Å². The first-order valence-electron chi connectivity index (χ1n) is 5.60. The van der Waals surface area contributed by atoms with Crippen molar-refractivity contribution in [3.8, 4) is 0 Å². The van der Waals surface area contributed by atoms with Crippen molar-refractivity contribution in [3.63, 3.8) is 0 Å². The molecule has 1 nitrogen and oxygen atoms in total. The molecule has 0 bridgehead atoms. The van der Waals surface area contributed by atoms with Crippen LogP contribution in [0.2, 0.25) is 5.02 Å². The van der Waals surface area contributed by atoms with E-state index in [1.165, 1.54) is 24.3 Å². The summed E-state index contributed by atoms with van der Waals surface area (Å²) in [5.74, 6) is -0.780. The van der Waals surface area contributed by atoms with E-state index in [0.29, 0.717) is 16.1 Å². The molecule has 1 unspecified atom stereocenters. The Morgan fingerprint density at radius 3 is 2.53 bits per heavy atom. The summed E-state index contributed by atoms with van der Waals surface area (Å²) in [7, 11) is 1.67. The SMILES string of the molecule is CNC(c1cc(Br)ccc1F)c1cc(F)ccc1Cl. The first-order valence-corrected chi connectivity index (χ1v) is 6.77. The third-order valence-electron chi connectivity index (χ3n) is 2.83. The lowest BCUT2D eigenvalue weighted by Crippen LogP contribution is -2.19. The fraction of sp³-hybridized carbons (Fsp3) is 0.143. The summed E-state index contributed by atoms with van der Waals surface area (Å²) >= 11 is 9.37. The zero-order valence-electron chi connectivity index (χ0n) is 10.1. The molecule has 100 valence electrons. The molecule has 0 aliphatic heterocycles. The van der Waals surface area contributed by atoms with Gasteiger partial charge in [-0.3, -0.25) is 0 Å². The summed E-state index contributed by atoms with van der Waals surface area (Å²) < 4.78 is 28.0. The lowest BCUT2D eigenvalue weighted by molar-refractivity contribution is 0.571. The van der Waals surface area contributed by atoms with Gasteiger partial charge in [-0.2, -0.15) is 0 Å². The maximum Gasteiger partial charge on any atom is 0.128 e. The molecule has 5 heteroatoms. The van der Waals surface area contributed by atoms with Crippen molar-refractivity contribution in [2.24, 2.45) is 0 Å². The Bertz CT molecular complexity index is 552. The molecule has 0 heterocycles. The van der Waals surface area contributed by atoms with E-state index in [4.69, 9.17) is 11.6 Å². The molecule has 0 saturated carbocycles. The molecule has 0 aliphatic carbocycles. The number of hydrogen-bond acceptors (Lipinski definition) is 1. The number of hydrogen-bond donors (Lipinski definition) is 1. The Hall–Kier alpha value is -0.970. The number of nitrogens with one attached hydrogen (secondary N) is 1. The molecule has 0 radical (unpaired) electrons. The van der Waals surface area contributed by atoms with Gasteiger partial charge in [-0.25, -0.2) is 8.78 Å². The van der Waals surface area contributed by atoms with E-state index in [-0.39, 0.29) is 5.82 Å². The lowest BCUT2D eigenvalue weighted by Gasteiger charge is -2.19. The van der Waals surface area contributed by atoms with Crippen LogP contribution in [-0.4, -0.2) is 7.05 Å². The van der Waals surface area contributed by atoms with Gasteiger partial charge >= 0.3 is 0 Å². The Balaban J connectivity index is 2.55. The van der Waals surface area contributed by atoms with Crippen molar-refractivity contribution in [3.05, 3.63) is 68.7 Å². The summed E-state index contributed by atoms with van der Waals surface area (Å²) in [4.78, 5) is 0. The Morgan fingerprint density at radius 1 is 1.11 bits per heavy atom. The normalized spacial score (nSPS) is 12.5. The molecule has 0 aliphatic rings. The molecule has 1 atom stereocenters. The molecule has 2 aromatic carbocycles. The van der Waals surface area contributed by atoms with Crippen LogP contribution in [0.1, 0.15) is 17.2 Å². The topological polar surface area (TPSA) is 12.0 Å². The molecule has 2 rings (SSSR count). The second-order valence-corrected chi connectivity index (χ2v) is 5.38. The molecule has 0 fully saturated rings. The molecule has 0 saturated heterocycles. The standard InChI is InChI=1S/C14H11BrClF2N/c1-19-14(10-7-9(17)3-4-12(10)16)11-6-8(15)2-5-13(11)18/h2-7,14,19H,1H3. The van der Waals surface area contributed by atoms with Crippen molar-refractivity contribution in [2.45, 2.75) is 6.04 Å². The minimum absolute atomic E-state index is 0.372. The Morgan fingerprint density at radius 2 is 1.84 bits per heavy atom. The molecule has 0 amide bonds. The van der Waals surface area contributed by atoms with E-state index in [2.05, 4.69) is 21.2 Å². The minimum atomic E-state index is -0.513. The third-order valence-corrected chi connectivity index (χ3v) is 3.66. The maximum absolute atomic E-state index is 13.9. The average Bonchev–Trinajstić information content (AvgIpc) is 2.38. The summed E-state index contributed by atoms with van der Waals surface area (Å²) in [6, 6.07) is 8.15. The average molecular weight is 347 g/mol. The molecule has 19 heavy (non-hydrogen) atoms. The van der Waals surface area contributed by atoms with Crippen LogP contribution < -0.4 is 5.32 Å².